The van der Waals surface area contributed by atoms with Gasteiger partial charge in [-0.3, -0.25) is 19.4 Å². The highest BCUT2D eigenvalue weighted by molar-refractivity contribution is 7.14. The fraction of sp³-hybridized carbons (Fsp3) is 0.148. The molecule has 4 aromatic rings. The van der Waals surface area contributed by atoms with Crippen molar-refractivity contribution in [3.63, 3.8) is 0 Å². The maximum atomic E-state index is 13.7. The van der Waals surface area contributed by atoms with Gasteiger partial charge in [-0.15, -0.1) is 11.3 Å². The molecule has 1 aliphatic rings. The van der Waals surface area contributed by atoms with Crippen LogP contribution in [0.25, 0.3) is 0 Å². The van der Waals surface area contributed by atoms with Gasteiger partial charge < -0.3 is 15.5 Å². The monoisotopic (exact) mass is 531 g/mol. The molecule has 1 atom stereocenters. The van der Waals surface area contributed by atoms with Crippen LogP contribution in [-0.2, 0) is 17.8 Å². The molecule has 5 rings (SSSR count). The van der Waals surface area contributed by atoms with Crippen molar-refractivity contribution < 1.29 is 14.4 Å². The van der Waals surface area contributed by atoms with E-state index in [0.29, 0.717) is 27.6 Å². The zero-order valence-corrected chi connectivity index (χ0v) is 21.3. The van der Waals surface area contributed by atoms with Crippen LogP contribution in [0.3, 0.4) is 0 Å². The van der Waals surface area contributed by atoms with Crippen LogP contribution < -0.4 is 10.6 Å². The molecule has 1 unspecified atom stereocenters. The van der Waals surface area contributed by atoms with E-state index < -0.39 is 11.9 Å². The average Bonchev–Trinajstić information content (AvgIpc) is 3.23. The molecule has 37 heavy (non-hydrogen) atoms. The Hall–Kier alpha value is -4.08. The van der Waals surface area contributed by atoms with Crippen molar-refractivity contribution in [3.8, 4) is 0 Å². The van der Waals surface area contributed by atoms with Crippen LogP contribution in [-0.4, -0.2) is 38.6 Å². The van der Waals surface area contributed by atoms with Crippen LogP contribution in [0.15, 0.2) is 73.1 Å². The minimum absolute atomic E-state index is 0.127. The molecule has 4 heterocycles. The van der Waals surface area contributed by atoms with E-state index in [-0.39, 0.29) is 35.4 Å². The van der Waals surface area contributed by atoms with Gasteiger partial charge in [0.25, 0.3) is 11.8 Å². The summed E-state index contributed by atoms with van der Waals surface area (Å²) in [5.74, 6) is -0.520. The maximum absolute atomic E-state index is 13.7. The number of nitrogens with one attached hydrogen (secondary N) is 2. The first kappa shape index (κ1) is 24.6. The van der Waals surface area contributed by atoms with Crippen LogP contribution in [0.5, 0.6) is 0 Å². The Morgan fingerprint density at radius 1 is 1.08 bits per heavy atom. The molecule has 0 aliphatic carbocycles. The van der Waals surface area contributed by atoms with Crippen LogP contribution >= 0.6 is 22.9 Å². The summed E-state index contributed by atoms with van der Waals surface area (Å²) in [5, 5.41) is 5.85. The largest absolute Gasteiger partial charge is 0.323 e. The molecule has 186 valence electrons. The number of anilines is 2. The van der Waals surface area contributed by atoms with E-state index in [0.717, 1.165) is 4.88 Å². The number of carbonyl (C=O) groups excluding carboxylic acids is 3. The van der Waals surface area contributed by atoms with Gasteiger partial charge in [-0.1, -0.05) is 29.8 Å². The number of fused-ring (bicyclic) bond motifs is 1. The van der Waals surface area contributed by atoms with Crippen molar-refractivity contribution in [3.05, 3.63) is 105 Å². The molecule has 0 fully saturated rings. The zero-order chi connectivity index (χ0) is 25.9. The molecule has 0 saturated heterocycles. The summed E-state index contributed by atoms with van der Waals surface area (Å²) in [7, 11) is 0. The maximum Gasteiger partial charge on any atom is 0.267 e. The first-order valence-corrected chi connectivity index (χ1v) is 12.7. The number of carbonyl (C=O) groups is 3. The summed E-state index contributed by atoms with van der Waals surface area (Å²) in [6, 6.07) is 16.7. The van der Waals surface area contributed by atoms with E-state index in [9.17, 15) is 14.4 Å². The van der Waals surface area contributed by atoms with Gasteiger partial charge in [0.05, 0.1) is 16.3 Å². The highest BCUT2D eigenvalue weighted by atomic mass is 35.5. The third-order valence-corrected chi connectivity index (χ3v) is 7.26. The van der Waals surface area contributed by atoms with Crippen molar-refractivity contribution >= 4 is 52.2 Å². The molecule has 0 radical (unpaired) electrons. The SMILES string of the molecule is Cc1cc2c(s1)C(=O)N(Cc1ccc(C(=O)Nc3ccccn3)c(Cl)c1)C(Cc1ccccn1)C(=O)N2. The topological polar surface area (TPSA) is 104 Å². The number of aromatic nitrogens is 2. The number of hydrogen-bond acceptors (Lipinski definition) is 6. The fourth-order valence-corrected chi connectivity index (χ4v) is 5.37. The Bertz CT molecular complexity index is 1480. The standard InChI is InChI=1S/C27H22ClN5O3S/c1-16-12-21-24(37-16)27(36)33(22(26(35)31-21)14-18-6-2-4-10-29-18)15-17-8-9-19(20(28)13-17)25(34)32-23-7-3-5-11-30-23/h2-13,22H,14-15H2,1H3,(H,31,35)(H,30,32,34). The lowest BCUT2D eigenvalue weighted by atomic mass is 10.1. The number of pyridine rings is 2. The quantitative estimate of drug-likeness (QED) is 0.366. The van der Waals surface area contributed by atoms with Crippen molar-refractivity contribution in [1.82, 2.24) is 14.9 Å². The lowest BCUT2D eigenvalue weighted by molar-refractivity contribution is -0.120. The summed E-state index contributed by atoms with van der Waals surface area (Å²) in [4.78, 5) is 51.1. The molecule has 10 heteroatoms. The normalized spacial score (nSPS) is 15.1. The Balaban J connectivity index is 1.44. The van der Waals surface area contributed by atoms with Crippen LogP contribution in [0.1, 0.15) is 36.2 Å². The Morgan fingerprint density at radius 3 is 2.57 bits per heavy atom. The first-order chi connectivity index (χ1) is 17.9. The molecular weight excluding hydrogens is 510 g/mol. The molecule has 3 aromatic heterocycles. The fourth-order valence-electron chi connectivity index (χ4n) is 4.16. The van der Waals surface area contributed by atoms with Crippen molar-refractivity contribution in [2.24, 2.45) is 0 Å². The van der Waals surface area contributed by atoms with E-state index in [2.05, 4.69) is 20.6 Å². The highest BCUT2D eigenvalue weighted by Crippen LogP contribution is 2.33. The van der Waals surface area contributed by atoms with Gasteiger partial charge in [-0.2, -0.15) is 0 Å². The van der Waals surface area contributed by atoms with Gasteiger partial charge in [-0.05, 0) is 55.0 Å². The number of benzene rings is 1. The number of halogens is 1. The molecule has 8 nitrogen and oxygen atoms in total. The summed E-state index contributed by atoms with van der Waals surface area (Å²) in [5.41, 5.74) is 2.17. The number of rotatable bonds is 6. The van der Waals surface area contributed by atoms with Gasteiger partial charge >= 0.3 is 0 Å². The third kappa shape index (κ3) is 5.37. The van der Waals surface area contributed by atoms with Gasteiger partial charge in [-0.25, -0.2) is 4.98 Å². The molecule has 0 spiro atoms. The van der Waals surface area contributed by atoms with Gasteiger partial charge in [0.1, 0.15) is 16.7 Å². The molecule has 2 N–H and O–H groups in total. The zero-order valence-electron chi connectivity index (χ0n) is 19.8. The van der Waals surface area contributed by atoms with Gasteiger partial charge in [0, 0.05) is 35.9 Å². The van der Waals surface area contributed by atoms with Crippen LogP contribution in [0.2, 0.25) is 5.02 Å². The molecule has 1 aliphatic heterocycles. The summed E-state index contributed by atoms with van der Waals surface area (Å²) in [6.45, 7) is 2.02. The van der Waals surface area contributed by atoms with E-state index >= 15 is 0 Å². The number of aryl methyl sites for hydroxylation is 1. The lowest BCUT2D eigenvalue weighted by Gasteiger charge is -2.28. The molecule has 3 amide bonds. The second-order valence-electron chi connectivity index (χ2n) is 8.55. The Kier molecular flexibility index (Phi) is 6.98. The molecular formula is C27H22ClN5O3S. The molecule has 0 saturated carbocycles. The summed E-state index contributed by atoms with van der Waals surface area (Å²) in [6.07, 6.45) is 3.49. The average molecular weight is 532 g/mol. The van der Waals surface area contributed by atoms with E-state index in [4.69, 9.17) is 11.6 Å². The predicted molar refractivity (Wildman–Crippen MR) is 143 cm³/mol. The third-order valence-electron chi connectivity index (χ3n) is 5.91. The first-order valence-electron chi connectivity index (χ1n) is 11.5. The second kappa shape index (κ2) is 10.5. The smallest absolute Gasteiger partial charge is 0.267 e. The number of hydrogen-bond donors (Lipinski definition) is 2. The van der Waals surface area contributed by atoms with Crippen molar-refractivity contribution in [1.29, 1.82) is 0 Å². The van der Waals surface area contributed by atoms with Gasteiger partial charge in [0.2, 0.25) is 5.91 Å². The number of thiophene rings is 1. The van der Waals surface area contributed by atoms with E-state index in [1.54, 1.807) is 59.8 Å². The van der Waals surface area contributed by atoms with Crippen LogP contribution in [0, 0.1) is 6.92 Å². The van der Waals surface area contributed by atoms with Gasteiger partial charge in [0.15, 0.2) is 0 Å². The number of nitrogens with zero attached hydrogens (tertiary/aromatic N) is 3. The summed E-state index contributed by atoms with van der Waals surface area (Å²) < 4.78 is 0. The Morgan fingerprint density at radius 2 is 1.86 bits per heavy atom. The van der Waals surface area contributed by atoms with E-state index in [1.807, 2.05) is 25.1 Å². The number of amides is 3. The molecule has 0 bridgehead atoms. The minimum Gasteiger partial charge on any atom is -0.323 e. The predicted octanol–water partition coefficient (Wildman–Crippen LogP) is 4.96. The lowest BCUT2D eigenvalue weighted by Crippen LogP contribution is -2.46. The second-order valence-corrected chi connectivity index (χ2v) is 10.2. The van der Waals surface area contributed by atoms with E-state index in [1.165, 1.54) is 11.3 Å². The molecule has 1 aromatic carbocycles. The van der Waals surface area contributed by atoms with Crippen molar-refractivity contribution in [2.45, 2.75) is 25.9 Å². The summed E-state index contributed by atoms with van der Waals surface area (Å²) >= 11 is 7.82. The minimum atomic E-state index is -0.784. The van der Waals surface area contributed by atoms with Crippen LogP contribution in [0.4, 0.5) is 11.5 Å². The highest BCUT2D eigenvalue weighted by Gasteiger charge is 2.37. The van der Waals surface area contributed by atoms with Crippen molar-refractivity contribution in [2.75, 3.05) is 10.6 Å². The Labute approximate surface area is 222 Å².